The van der Waals surface area contributed by atoms with Gasteiger partial charge in [0.15, 0.2) is 0 Å². The van der Waals surface area contributed by atoms with E-state index in [9.17, 15) is 9.59 Å². The topological polar surface area (TPSA) is 69.6 Å². The first-order chi connectivity index (χ1) is 14.1. The Labute approximate surface area is 169 Å². The summed E-state index contributed by atoms with van der Waals surface area (Å²) in [7, 11) is 0. The molecule has 5 heteroatoms. The zero-order chi connectivity index (χ0) is 20.2. The lowest BCUT2D eigenvalue weighted by Gasteiger charge is -2.29. The van der Waals surface area contributed by atoms with Crippen LogP contribution in [0.2, 0.25) is 0 Å². The second-order valence-corrected chi connectivity index (χ2v) is 7.23. The van der Waals surface area contributed by atoms with Gasteiger partial charge in [-0.05, 0) is 46.4 Å². The maximum absolute atomic E-state index is 12.8. The Balaban J connectivity index is 1.41. The highest BCUT2D eigenvalue weighted by molar-refractivity contribution is 5.93. The van der Waals surface area contributed by atoms with Crippen molar-refractivity contribution >= 4 is 11.8 Å². The Hall–Kier alpha value is -3.44. The van der Waals surface area contributed by atoms with Crippen molar-refractivity contribution in [3.63, 3.8) is 0 Å². The number of nitrogens with one attached hydrogen (secondary N) is 1. The van der Waals surface area contributed by atoms with E-state index >= 15 is 0 Å². The van der Waals surface area contributed by atoms with Crippen molar-refractivity contribution in [2.24, 2.45) is 0 Å². The molecule has 1 aliphatic heterocycles. The normalized spacial score (nSPS) is 12.9. The van der Waals surface area contributed by atoms with Crippen molar-refractivity contribution in [3.8, 4) is 11.1 Å². The van der Waals surface area contributed by atoms with Crippen LogP contribution in [-0.4, -0.2) is 28.5 Å². The second-order valence-electron chi connectivity index (χ2n) is 7.23. The van der Waals surface area contributed by atoms with Gasteiger partial charge < -0.3 is 4.90 Å². The van der Waals surface area contributed by atoms with Crippen LogP contribution in [0.25, 0.3) is 11.1 Å². The van der Waals surface area contributed by atoms with Crippen molar-refractivity contribution in [3.05, 3.63) is 95.1 Å². The van der Waals surface area contributed by atoms with E-state index in [1.165, 1.54) is 0 Å². The van der Waals surface area contributed by atoms with E-state index in [2.05, 4.69) is 24.3 Å². The van der Waals surface area contributed by atoms with Gasteiger partial charge in [-0.2, -0.15) is 0 Å². The van der Waals surface area contributed by atoms with Crippen LogP contribution in [0.1, 0.15) is 27.0 Å². The minimum Gasteiger partial charge on any atom is -0.338 e. The third-order valence-corrected chi connectivity index (χ3v) is 5.35. The zero-order valence-electron chi connectivity index (χ0n) is 16.0. The van der Waals surface area contributed by atoms with Crippen molar-refractivity contribution in [1.82, 2.24) is 10.4 Å². The van der Waals surface area contributed by atoms with Gasteiger partial charge in [-0.1, -0.05) is 60.7 Å². The van der Waals surface area contributed by atoms with Gasteiger partial charge in [0.1, 0.15) is 0 Å². The van der Waals surface area contributed by atoms with Crippen LogP contribution < -0.4 is 5.48 Å². The fourth-order valence-corrected chi connectivity index (χ4v) is 3.70. The van der Waals surface area contributed by atoms with E-state index in [-0.39, 0.29) is 5.91 Å². The van der Waals surface area contributed by atoms with E-state index in [0.717, 1.165) is 27.8 Å². The zero-order valence-corrected chi connectivity index (χ0v) is 16.0. The summed E-state index contributed by atoms with van der Waals surface area (Å²) in [5, 5.41) is 8.78. The molecule has 0 saturated carbocycles. The van der Waals surface area contributed by atoms with Gasteiger partial charge >= 0.3 is 0 Å². The van der Waals surface area contributed by atoms with Crippen LogP contribution in [0, 0.1) is 0 Å². The number of hydrogen-bond acceptors (Lipinski definition) is 3. The highest BCUT2D eigenvalue weighted by Gasteiger charge is 2.21. The van der Waals surface area contributed by atoms with E-state index in [1.54, 1.807) is 17.6 Å². The summed E-state index contributed by atoms with van der Waals surface area (Å²) in [4.78, 5) is 26.2. The third-order valence-electron chi connectivity index (χ3n) is 5.35. The van der Waals surface area contributed by atoms with Crippen LogP contribution in [0.15, 0.2) is 72.8 Å². The molecule has 1 heterocycles. The fourth-order valence-electron chi connectivity index (χ4n) is 3.70. The molecular formula is C24H22N2O3. The van der Waals surface area contributed by atoms with Crippen molar-refractivity contribution in [2.45, 2.75) is 19.4 Å². The molecule has 0 radical (unpaired) electrons. The molecular weight excluding hydrogens is 364 g/mol. The predicted molar refractivity (Wildman–Crippen MR) is 110 cm³/mol. The number of amides is 2. The standard InChI is InChI=1S/C24H22N2O3/c27-23(14-17-6-8-19(9-7-17)18-4-2-1-3-5-18)26-13-12-20-15-21(24(28)25-29)10-11-22(20)16-26/h1-11,15,29H,12-14,16H2,(H,25,28). The van der Waals surface area contributed by atoms with Gasteiger partial charge in [0.05, 0.1) is 6.42 Å². The number of hydrogen-bond donors (Lipinski definition) is 2. The molecule has 29 heavy (non-hydrogen) atoms. The Morgan fingerprint density at radius 3 is 2.34 bits per heavy atom. The lowest BCUT2D eigenvalue weighted by molar-refractivity contribution is -0.131. The Kier molecular flexibility index (Phi) is 5.40. The largest absolute Gasteiger partial charge is 0.338 e. The molecule has 3 aromatic carbocycles. The van der Waals surface area contributed by atoms with Crippen molar-refractivity contribution < 1.29 is 14.8 Å². The van der Waals surface area contributed by atoms with E-state index in [1.807, 2.05) is 41.3 Å². The minimum atomic E-state index is -0.523. The van der Waals surface area contributed by atoms with Crippen LogP contribution in [0.3, 0.4) is 0 Å². The van der Waals surface area contributed by atoms with Crippen LogP contribution in [0.5, 0.6) is 0 Å². The van der Waals surface area contributed by atoms with E-state index in [4.69, 9.17) is 5.21 Å². The summed E-state index contributed by atoms with van der Waals surface area (Å²) in [6.45, 7) is 1.16. The van der Waals surface area contributed by atoms with Gasteiger partial charge in [-0.15, -0.1) is 0 Å². The quantitative estimate of drug-likeness (QED) is 0.532. The molecule has 5 nitrogen and oxygen atoms in total. The molecule has 0 aromatic heterocycles. The number of benzene rings is 3. The summed E-state index contributed by atoms with van der Waals surface area (Å²) in [6, 6.07) is 23.6. The highest BCUT2D eigenvalue weighted by Crippen LogP contribution is 2.23. The Morgan fingerprint density at radius 1 is 0.897 bits per heavy atom. The highest BCUT2D eigenvalue weighted by atomic mass is 16.5. The molecule has 0 fully saturated rings. The molecule has 3 aromatic rings. The van der Waals surface area contributed by atoms with Gasteiger partial charge in [0.2, 0.25) is 5.91 Å². The number of fused-ring (bicyclic) bond motifs is 1. The van der Waals surface area contributed by atoms with Crippen molar-refractivity contribution in [2.75, 3.05) is 6.54 Å². The Bertz CT molecular complexity index is 1030. The minimum absolute atomic E-state index is 0.0975. The molecule has 0 atom stereocenters. The molecule has 2 amide bonds. The van der Waals surface area contributed by atoms with Gasteiger partial charge in [0.25, 0.3) is 5.91 Å². The summed E-state index contributed by atoms with van der Waals surface area (Å²) in [6.07, 6.45) is 1.07. The molecule has 0 saturated heterocycles. The lowest BCUT2D eigenvalue weighted by atomic mass is 9.96. The molecule has 0 bridgehead atoms. The molecule has 0 spiro atoms. The molecule has 0 aliphatic carbocycles. The average Bonchev–Trinajstić information content (AvgIpc) is 2.79. The van der Waals surface area contributed by atoms with Gasteiger partial charge in [0, 0.05) is 18.7 Å². The number of rotatable bonds is 4. The number of carbonyl (C=O) groups excluding carboxylic acids is 2. The third kappa shape index (κ3) is 4.20. The lowest BCUT2D eigenvalue weighted by Crippen LogP contribution is -2.37. The SMILES string of the molecule is O=C(NO)c1ccc2c(c1)CCN(C(=O)Cc1ccc(-c3ccccc3)cc1)C2. The first-order valence-corrected chi connectivity index (χ1v) is 9.62. The molecule has 4 rings (SSSR count). The second kappa shape index (κ2) is 8.29. The average molecular weight is 386 g/mol. The summed E-state index contributed by atoms with van der Waals surface area (Å²) < 4.78 is 0. The maximum Gasteiger partial charge on any atom is 0.274 e. The number of nitrogens with zero attached hydrogens (tertiary/aromatic N) is 1. The first-order valence-electron chi connectivity index (χ1n) is 9.62. The fraction of sp³-hybridized carbons (Fsp3) is 0.167. The van der Waals surface area contributed by atoms with Gasteiger partial charge in [-0.3, -0.25) is 14.8 Å². The van der Waals surface area contributed by atoms with Crippen molar-refractivity contribution in [1.29, 1.82) is 0 Å². The van der Waals surface area contributed by atoms with E-state index in [0.29, 0.717) is 31.5 Å². The van der Waals surface area contributed by atoms with E-state index < -0.39 is 5.91 Å². The molecule has 146 valence electrons. The van der Waals surface area contributed by atoms with Crippen LogP contribution in [0.4, 0.5) is 0 Å². The molecule has 0 unspecified atom stereocenters. The molecule has 1 aliphatic rings. The summed E-state index contributed by atoms with van der Waals surface area (Å²) in [5.41, 5.74) is 7.45. The van der Waals surface area contributed by atoms with Crippen LogP contribution in [-0.2, 0) is 24.2 Å². The summed E-state index contributed by atoms with van der Waals surface area (Å²) >= 11 is 0. The first kappa shape index (κ1) is 18.9. The molecule has 2 N–H and O–H groups in total. The monoisotopic (exact) mass is 386 g/mol. The number of carbonyl (C=O) groups is 2. The summed E-state index contributed by atoms with van der Waals surface area (Å²) in [5.74, 6) is -0.425. The maximum atomic E-state index is 12.8. The number of hydroxylamine groups is 1. The predicted octanol–water partition coefficient (Wildman–Crippen LogP) is 3.60. The smallest absolute Gasteiger partial charge is 0.274 e. The Morgan fingerprint density at radius 2 is 1.62 bits per heavy atom. The van der Waals surface area contributed by atoms with Crippen LogP contribution >= 0.6 is 0 Å². The van der Waals surface area contributed by atoms with Gasteiger partial charge in [-0.25, -0.2) is 5.48 Å².